The van der Waals surface area contributed by atoms with Gasteiger partial charge in [-0.1, -0.05) is 23.2 Å². The van der Waals surface area contributed by atoms with Gasteiger partial charge in [0, 0.05) is 48.2 Å². The molecule has 4 aromatic rings. The van der Waals surface area contributed by atoms with Gasteiger partial charge in [0.1, 0.15) is 23.4 Å². The third-order valence-corrected chi connectivity index (χ3v) is 7.07. The second kappa shape index (κ2) is 10.4. The average molecular weight is 554 g/mol. The zero-order valence-electron chi connectivity index (χ0n) is 21.6. The van der Waals surface area contributed by atoms with Crippen molar-refractivity contribution < 1.29 is 9.53 Å². The Hall–Kier alpha value is -3.40. The van der Waals surface area contributed by atoms with Gasteiger partial charge < -0.3 is 19.9 Å². The predicted octanol–water partition coefficient (Wildman–Crippen LogP) is 4.72. The molecule has 0 radical (unpaired) electrons. The Bertz CT molecular complexity index is 1450. The van der Waals surface area contributed by atoms with Crippen LogP contribution in [0.2, 0.25) is 10.0 Å². The lowest BCUT2D eigenvalue weighted by Crippen LogP contribution is -2.69. The third kappa shape index (κ3) is 5.41. The topological polar surface area (TPSA) is 99.3 Å². The number of hydrogen-bond donors (Lipinski definition) is 2. The van der Waals surface area contributed by atoms with Crippen molar-refractivity contribution in [3.05, 3.63) is 64.5 Å². The van der Waals surface area contributed by atoms with Crippen molar-refractivity contribution in [1.29, 1.82) is 0 Å². The molecule has 5 rings (SSSR count). The second-order valence-corrected chi connectivity index (χ2v) is 11.0. The van der Waals surface area contributed by atoms with Crippen molar-refractivity contribution in [3.63, 3.8) is 0 Å². The SMILES string of the molecule is C[C@@H](Oc1ccc2[nH]nc(-c3ccc(N4CC(C)(NC(=O)CN(C)C)C4)nc3)c2c1)c1c(Cl)cncc1Cl. The minimum atomic E-state index is -0.373. The van der Waals surface area contributed by atoms with E-state index in [0.29, 0.717) is 41.0 Å². The third-order valence-electron chi connectivity index (χ3n) is 6.47. The highest BCUT2D eigenvalue weighted by atomic mass is 35.5. The molecule has 0 bridgehead atoms. The molecule has 2 N–H and O–H groups in total. The maximum absolute atomic E-state index is 12.2. The summed E-state index contributed by atoms with van der Waals surface area (Å²) in [5, 5.41) is 12.6. The van der Waals surface area contributed by atoms with Crippen LogP contribution in [0.3, 0.4) is 0 Å². The van der Waals surface area contributed by atoms with Crippen LogP contribution in [-0.2, 0) is 4.79 Å². The van der Waals surface area contributed by atoms with E-state index in [1.165, 1.54) is 0 Å². The van der Waals surface area contributed by atoms with Crippen LogP contribution in [0.5, 0.6) is 5.75 Å². The number of ether oxygens (including phenoxy) is 1. The van der Waals surface area contributed by atoms with Gasteiger partial charge in [-0.2, -0.15) is 5.10 Å². The summed E-state index contributed by atoms with van der Waals surface area (Å²) in [6.45, 7) is 5.72. The van der Waals surface area contributed by atoms with E-state index in [9.17, 15) is 4.79 Å². The zero-order chi connectivity index (χ0) is 27.0. The molecule has 3 aromatic heterocycles. The standard InChI is InChI=1S/C27H29Cl2N7O2/c1-16(25-20(28)11-30-12-21(25)29)38-18-6-7-22-19(9-18)26(34-33-22)17-5-8-23(31-10-17)36-14-27(2,15-36)32-24(37)13-35(3)4/h5-12,16H,13-15H2,1-4H3,(H,32,37)(H,33,34)/t16-/m1/s1. The number of carbonyl (C=O) groups excluding carboxylic acids is 1. The molecule has 4 heterocycles. The molecular weight excluding hydrogens is 525 g/mol. The fourth-order valence-electron chi connectivity index (χ4n) is 4.77. The monoisotopic (exact) mass is 553 g/mol. The average Bonchev–Trinajstić information content (AvgIpc) is 3.25. The number of aromatic amines is 1. The molecule has 9 nitrogen and oxygen atoms in total. The van der Waals surface area contributed by atoms with Crippen molar-refractivity contribution >= 4 is 45.8 Å². The quantitative estimate of drug-likeness (QED) is 0.325. The summed E-state index contributed by atoms with van der Waals surface area (Å²) in [5.74, 6) is 1.55. The summed E-state index contributed by atoms with van der Waals surface area (Å²) in [4.78, 5) is 24.8. The molecule has 1 aliphatic rings. The maximum Gasteiger partial charge on any atom is 0.234 e. The van der Waals surface area contributed by atoms with Crippen LogP contribution in [0.15, 0.2) is 48.9 Å². The summed E-state index contributed by atoms with van der Waals surface area (Å²) in [5.41, 5.74) is 2.98. The summed E-state index contributed by atoms with van der Waals surface area (Å²) < 4.78 is 6.18. The van der Waals surface area contributed by atoms with Crippen LogP contribution in [0.1, 0.15) is 25.5 Å². The molecule has 0 saturated carbocycles. The lowest BCUT2D eigenvalue weighted by molar-refractivity contribution is -0.123. The van der Waals surface area contributed by atoms with E-state index in [2.05, 4.69) is 37.3 Å². The van der Waals surface area contributed by atoms with Gasteiger partial charge in [-0.3, -0.25) is 14.9 Å². The van der Waals surface area contributed by atoms with Crippen LogP contribution < -0.4 is 15.0 Å². The molecule has 0 aliphatic carbocycles. The fourth-order valence-corrected chi connectivity index (χ4v) is 5.44. The Kier molecular flexibility index (Phi) is 7.17. The Morgan fingerprint density at radius 1 is 1.18 bits per heavy atom. The van der Waals surface area contributed by atoms with Crippen LogP contribution in [-0.4, -0.2) is 70.2 Å². The fraction of sp³-hybridized carbons (Fsp3) is 0.333. The molecule has 1 aliphatic heterocycles. The first-order chi connectivity index (χ1) is 18.1. The summed E-state index contributed by atoms with van der Waals surface area (Å²) in [6, 6.07) is 9.73. The van der Waals surface area contributed by atoms with Gasteiger partial charge in [0.15, 0.2) is 0 Å². The van der Waals surface area contributed by atoms with Crippen molar-refractivity contribution in [2.45, 2.75) is 25.5 Å². The number of nitrogens with zero attached hydrogens (tertiary/aromatic N) is 5. The van der Waals surface area contributed by atoms with E-state index in [4.69, 9.17) is 27.9 Å². The lowest BCUT2D eigenvalue weighted by atomic mass is 9.92. The van der Waals surface area contributed by atoms with Gasteiger partial charge in [0.2, 0.25) is 5.91 Å². The number of amides is 1. The smallest absolute Gasteiger partial charge is 0.234 e. The number of H-pyrrole nitrogens is 1. The van der Waals surface area contributed by atoms with Crippen molar-refractivity contribution in [2.75, 3.05) is 38.6 Å². The van der Waals surface area contributed by atoms with E-state index in [1.54, 1.807) is 12.4 Å². The number of benzene rings is 1. The number of carbonyl (C=O) groups is 1. The van der Waals surface area contributed by atoms with Crippen molar-refractivity contribution in [3.8, 4) is 17.0 Å². The predicted molar refractivity (Wildman–Crippen MR) is 150 cm³/mol. The Morgan fingerprint density at radius 2 is 1.92 bits per heavy atom. The molecule has 38 heavy (non-hydrogen) atoms. The van der Waals surface area contributed by atoms with E-state index in [1.807, 2.05) is 62.4 Å². The van der Waals surface area contributed by atoms with Gasteiger partial charge in [0.05, 0.1) is 27.6 Å². The molecule has 1 atom stereocenters. The summed E-state index contributed by atoms with van der Waals surface area (Å²) >= 11 is 12.6. The molecule has 198 valence electrons. The summed E-state index contributed by atoms with van der Waals surface area (Å²) in [6.07, 6.45) is 4.55. The molecule has 0 spiro atoms. The number of anilines is 1. The van der Waals surface area contributed by atoms with Gasteiger partial charge in [-0.25, -0.2) is 4.98 Å². The second-order valence-electron chi connectivity index (χ2n) is 10.2. The number of pyridine rings is 2. The number of halogens is 2. The number of nitrogens with one attached hydrogen (secondary N) is 2. The van der Waals surface area contributed by atoms with E-state index < -0.39 is 0 Å². The Morgan fingerprint density at radius 3 is 2.58 bits per heavy atom. The minimum Gasteiger partial charge on any atom is -0.486 e. The van der Waals surface area contributed by atoms with Crippen molar-refractivity contribution in [2.24, 2.45) is 0 Å². The first kappa shape index (κ1) is 26.2. The maximum atomic E-state index is 12.2. The Labute approximate surface area is 231 Å². The van der Waals surface area contributed by atoms with E-state index >= 15 is 0 Å². The number of aromatic nitrogens is 4. The van der Waals surface area contributed by atoms with Gasteiger partial charge in [0.25, 0.3) is 0 Å². The highest BCUT2D eigenvalue weighted by molar-refractivity contribution is 6.35. The largest absolute Gasteiger partial charge is 0.486 e. The van der Waals surface area contributed by atoms with Crippen LogP contribution in [0.4, 0.5) is 5.82 Å². The number of fused-ring (bicyclic) bond motifs is 1. The number of rotatable bonds is 8. The molecular formula is C27H29Cl2N7O2. The molecule has 1 aromatic carbocycles. The van der Waals surface area contributed by atoms with Gasteiger partial charge in [-0.15, -0.1) is 0 Å². The lowest BCUT2D eigenvalue weighted by Gasteiger charge is -2.49. The molecule has 1 saturated heterocycles. The van der Waals surface area contributed by atoms with Crippen LogP contribution in [0.25, 0.3) is 22.2 Å². The zero-order valence-corrected chi connectivity index (χ0v) is 23.1. The molecule has 1 fully saturated rings. The first-order valence-electron chi connectivity index (χ1n) is 12.2. The van der Waals surface area contributed by atoms with Gasteiger partial charge >= 0.3 is 0 Å². The molecule has 11 heteroatoms. The van der Waals surface area contributed by atoms with E-state index in [-0.39, 0.29) is 17.6 Å². The van der Waals surface area contributed by atoms with Crippen LogP contribution in [0, 0.1) is 0 Å². The molecule has 0 unspecified atom stereocenters. The Balaban J connectivity index is 1.29. The number of likely N-dealkylation sites (N-methyl/N-ethyl adjacent to an activating group) is 1. The normalized spacial score (nSPS) is 15.4. The van der Waals surface area contributed by atoms with E-state index in [0.717, 1.165) is 28.0 Å². The first-order valence-corrected chi connectivity index (χ1v) is 13.0. The van der Waals surface area contributed by atoms with Crippen LogP contribution >= 0.6 is 23.2 Å². The van der Waals surface area contributed by atoms with Crippen molar-refractivity contribution in [1.82, 2.24) is 30.4 Å². The highest BCUT2D eigenvalue weighted by Gasteiger charge is 2.40. The highest BCUT2D eigenvalue weighted by Crippen LogP contribution is 2.35. The number of hydrogen-bond acceptors (Lipinski definition) is 7. The summed E-state index contributed by atoms with van der Waals surface area (Å²) in [7, 11) is 3.76. The minimum absolute atomic E-state index is 0.0237. The van der Waals surface area contributed by atoms with Gasteiger partial charge in [-0.05, 0) is 58.3 Å². The molecule has 1 amide bonds.